The standard InChI is InChI=1S/C21H31NO/c1-20-11-5-4-6-14(20)7-9-16-17-10-8-15(13-22)21(17,2)12-18(23-3)19(16)20/h4-5,14-19H,6-12H2,1-3H3/t14-,15-,16+,17+,18+,19-,20?,21-/m1/s1. The Hall–Kier alpha value is -0.810. The zero-order chi connectivity index (χ0) is 16.2. The van der Waals surface area contributed by atoms with Crippen molar-refractivity contribution in [1.82, 2.24) is 0 Å². The molecule has 0 aromatic heterocycles. The van der Waals surface area contributed by atoms with E-state index in [0.717, 1.165) is 30.6 Å². The molecule has 4 rings (SSSR count). The molecule has 2 heteroatoms. The van der Waals surface area contributed by atoms with Crippen molar-refractivity contribution in [2.45, 2.75) is 64.9 Å². The second-order valence-electron chi connectivity index (χ2n) is 9.23. The van der Waals surface area contributed by atoms with Gasteiger partial charge in [-0.1, -0.05) is 26.0 Å². The summed E-state index contributed by atoms with van der Waals surface area (Å²) in [5.41, 5.74) is 0.592. The lowest BCUT2D eigenvalue weighted by Gasteiger charge is -2.61. The molecule has 8 atom stereocenters. The quantitative estimate of drug-likeness (QED) is 0.641. The van der Waals surface area contributed by atoms with Crippen molar-refractivity contribution in [2.24, 2.45) is 40.4 Å². The number of allylic oxidation sites excluding steroid dienone is 2. The van der Waals surface area contributed by atoms with Gasteiger partial charge >= 0.3 is 0 Å². The monoisotopic (exact) mass is 313 g/mol. The fourth-order valence-corrected chi connectivity index (χ4v) is 7.37. The van der Waals surface area contributed by atoms with E-state index in [1.165, 1.54) is 32.1 Å². The van der Waals surface area contributed by atoms with Crippen LogP contribution in [-0.2, 0) is 4.74 Å². The zero-order valence-corrected chi connectivity index (χ0v) is 14.9. The van der Waals surface area contributed by atoms with Gasteiger partial charge in [0.15, 0.2) is 0 Å². The van der Waals surface area contributed by atoms with Crippen LogP contribution in [0.25, 0.3) is 0 Å². The van der Waals surface area contributed by atoms with Crippen LogP contribution in [-0.4, -0.2) is 13.2 Å². The van der Waals surface area contributed by atoms with Crippen molar-refractivity contribution >= 4 is 0 Å². The molecule has 23 heavy (non-hydrogen) atoms. The van der Waals surface area contributed by atoms with Gasteiger partial charge in [-0.25, -0.2) is 0 Å². The van der Waals surface area contributed by atoms with Gasteiger partial charge in [0.2, 0.25) is 0 Å². The Balaban J connectivity index is 1.74. The minimum absolute atomic E-state index is 0.185. The first-order valence-corrected chi connectivity index (χ1v) is 9.62. The molecule has 0 saturated heterocycles. The predicted octanol–water partition coefficient (Wildman–Crippen LogP) is 4.96. The summed E-state index contributed by atoms with van der Waals surface area (Å²) in [6.45, 7) is 4.94. The summed E-state index contributed by atoms with van der Waals surface area (Å²) in [6.07, 6.45) is 13.9. The first-order chi connectivity index (χ1) is 11.0. The molecule has 3 fully saturated rings. The van der Waals surface area contributed by atoms with Crippen molar-refractivity contribution in [1.29, 1.82) is 5.26 Å². The molecular weight excluding hydrogens is 282 g/mol. The minimum atomic E-state index is 0.185. The Morgan fingerprint density at radius 2 is 1.91 bits per heavy atom. The number of fused-ring (bicyclic) bond motifs is 5. The molecule has 126 valence electrons. The average Bonchev–Trinajstić information content (AvgIpc) is 2.89. The van der Waals surface area contributed by atoms with E-state index in [4.69, 9.17) is 4.74 Å². The Morgan fingerprint density at radius 3 is 2.65 bits per heavy atom. The lowest BCUT2D eigenvalue weighted by atomic mass is 9.44. The molecule has 0 aromatic carbocycles. The molecule has 0 amide bonds. The molecule has 3 saturated carbocycles. The fraction of sp³-hybridized carbons (Fsp3) is 0.857. The second-order valence-corrected chi connectivity index (χ2v) is 9.23. The Bertz CT molecular complexity index is 549. The largest absolute Gasteiger partial charge is 0.381 e. The van der Waals surface area contributed by atoms with Crippen LogP contribution >= 0.6 is 0 Å². The van der Waals surface area contributed by atoms with Gasteiger partial charge in [-0.3, -0.25) is 0 Å². The van der Waals surface area contributed by atoms with Gasteiger partial charge in [0.1, 0.15) is 0 Å². The summed E-state index contributed by atoms with van der Waals surface area (Å²) in [4.78, 5) is 0. The van der Waals surface area contributed by atoms with E-state index in [9.17, 15) is 5.26 Å². The van der Waals surface area contributed by atoms with Gasteiger partial charge < -0.3 is 4.74 Å². The Labute approximate surface area is 141 Å². The Kier molecular flexibility index (Phi) is 3.65. The van der Waals surface area contributed by atoms with Crippen LogP contribution in [0.4, 0.5) is 0 Å². The molecule has 2 nitrogen and oxygen atoms in total. The summed E-state index contributed by atoms with van der Waals surface area (Å²) in [5, 5.41) is 9.66. The van der Waals surface area contributed by atoms with Crippen molar-refractivity contribution in [3.63, 3.8) is 0 Å². The fourth-order valence-electron chi connectivity index (χ4n) is 7.37. The third kappa shape index (κ3) is 2.02. The number of hydrogen-bond donors (Lipinski definition) is 0. The topological polar surface area (TPSA) is 33.0 Å². The van der Waals surface area contributed by atoms with Gasteiger partial charge in [-0.05, 0) is 79.4 Å². The number of methoxy groups -OCH3 is 1. The van der Waals surface area contributed by atoms with Crippen molar-refractivity contribution < 1.29 is 4.74 Å². The molecule has 0 heterocycles. The summed E-state index contributed by atoms with van der Waals surface area (Å²) in [5.74, 6) is 3.27. The number of nitriles is 1. The molecule has 0 radical (unpaired) electrons. The van der Waals surface area contributed by atoms with E-state index in [1.807, 2.05) is 7.11 Å². The minimum Gasteiger partial charge on any atom is -0.381 e. The van der Waals surface area contributed by atoms with Gasteiger partial charge in [-0.2, -0.15) is 5.26 Å². The third-order valence-electron chi connectivity index (χ3n) is 8.58. The lowest BCUT2D eigenvalue weighted by Crippen LogP contribution is -2.58. The maximum atomic E-state index is 9.66. The van der Waals surface area contributed by atoms with Crippen LogP contribution < -0.4 is 0 Å². The van der Waals surface area contributed by atoms with Gasteiger partial charge in [-0.15, -0.1) is 0 Å². The second kappa shape index (κ2) is 5.35. The molecular formula is C21H31NO. The molecule has 0 spiro atoms. The van der Waals surface area contributed by atoms with E-state index < -0.39 is 0 Å². The summed E-state index contributed by atoms with van der Waals surface area (Å²) in [7, 11) is 1.91. The molecule has 0 N–H and O–H groups in total. The van der Waals surface area contributed by atoms with Gasteiger partial charge in [0.05, 0.1) is 18.1 Å². The normalized spacial score (nSPS) is 54.7. The summed E-state index contributed by atoms with van der Waals surface area (Å²) < 4.78 is 6.11. The van der Waals surface area contributed by atoms with E-state index in [-0.39, 0.29) is 11.3 Å². The highest BCUT2D eigenvalue weighted by molar-refractivity contribution is 5.16. The maximum absolute atomic E-state index is 9.66. The van der Waals surface area contributed by atoms with E-state index in [1.54, 1.807) is 0 Å². The van der Waals surface area contributed by atoms with Crippen molar-refractivity contribution in [2.75, 3.05) is 7.11 Å². The first-order valence-electron chi connectivity index (χ1n) is 9.62. The van der Waals surface area contributed by atoms with E-state index in [0.29, 0.717) is 17.4 Å². The SMILES string of the molecule is CO[C@H]1C[C@]2(C)[C@@H](C#N)CC[C@H]2[C@@H]2CC[C@H]3CC=CCC3(C)[C@H]21. The zero-order valence-electron chi connectivity index (χ0n) is 14.9. The van der Waals surface area contributed by atoms with E-state index in [2.05, 4.69) is 32.1 Å². The van der Waals surface area contributed by atoms with E-state index >= 15 is 0 Å². The molecule has 0 bridgehead atoms. The predicted molar refractivity (Wildman–Crippen MR) is 91.5 cm³/mol. The van der Waals surface area contributed by atoms with Gasteiger partial charge in [0, 0.05) is 7.11 Å². The number of nitrogens with zero attached hydrogens (tertiary/aromatic N) is 1. The molecule has 0 aromatic rings. The van der Waals surface area contributed by atoms with Crippen LogP contribution in [0.1, 0.15) is 58.8 Å². The maximum Gasteiger partial charge on any atom is 0.0661 e. The molecule has 1 unspecified atom stereocenters. The van der Waals surface area contributed by atoms with Gasteiger partial charge in [0.25, 0.3) is 0 Å². The van der Waals surface area contributed by atoms with Crippen LogP contribution in [0, 0.1) is 51.8 Å². The van der Waals surface area contributed by atoms with Crippen LogP contribution in [0.2, 0.25) is 0 Å². The van der Waals surface area contributed by atoms with Crippen molar-refractivity contribution in [3.8, 4) is 6.07 Å². The third-order valence-corrected chi connectivity index (χ3v) is 8.58. The average molecular weight is 313 g/mol. The number of rotatable bonds is 1. The lowest BCUT2D eigenvalue weighted by molar-refractivity contribution is -0.166. The summed E-state index contributed by atoms with van der Waals surface area (Å²) in [6, 6.07) is 2.64. The highest BCUT2D eigenvalue weighted by Crippen LogP contribution is 2.67. The summed E-state index contributed by atoms with van der Waals surface area (Å²) >= 11 is 0. The van der Waals surface area contributed by atoms with Crippen molar-refractivity contribution in [3.05, 3.63) is 12.2 Å². The highest BCUT2D eigenvalue weighted by atomic mass is 16.5. The van der Waals surface area contributed by atoms with Crippen LogP contribution in [0.3, 0.4) is 0 Å². The Morgan fingerprint density at radius 1 is 1.09 bits per heavy atom. The molecule has 4 aliphatic rings. The molecule has 4 aliphatic carbocycles. The van der Waals surface area contributed by atoms with Crippen LogP contribution in [0.5, 0.6) is 0 Å². The highest BCUT2D eigenvalue weighted by Gasteiger charge is 2.62. The molecule has 0 aliphatic heterocycles. The van der Waals surface area contributed by atoms with Crippen LogP contribution in [0.15, 0.2) is 12.2 Å². The number of hydrogen-bond acceptors (Lipinski definition) is 2. The number of ether oxygens (including phenoxy) is 1. The first kappa shape index (κ1) is 15.7. The smallest absolute Gasteiger partial charge is 0.0661 e.